The quantitative estimate of drug-likeness (QED) is 0.739. The number of aromatic amines is 1. The highest BCUT2D eigenvalue weighted by Crippen LogP contribution is 2.30. The lowest BCUT2D eigenvalue weighted by Crippen LogP contribution is -2.23. The number of nitrogens with one attached hydrogen (secondary N) is 2. The van der Waals surface area contributed by atoms with Crippen LogP contribution in [-0.4, -0.2) is 17.9 Å². The predicted octanol–water partition coefficient (Wildman–Crippen LogP) is 3.82. The molecule has 0 aliphatic carbocycles. The Morgan fingerprint density at radius 1 is 1.15 bits per heavy atom. The minimum atomic E-state index is -0.167. The van der Waals surface area contributed by atoms with E-state index in [2.05, 4.69) is 10.3 Å². The van der Waals surface area contributed by atoms with E-state index in [0.29, 0.717) is 0 Å². The first kappa shape index (κ1) is 13.0. The van der Waals surface area contributed by atoms with Crippen molar-refractivity contribution in [3.05, 3.63) is 47.0 Å². The molecule has 1 heterocycles. The zero-order valence-corrected chi connectivity index (χ0v) is 12.1. The lowest BCUT2D eigenvalue weighted by molar-refractivity contribution is -0.121. The Morgan fingerprint density at radius 2 is 1.95 bits per heavy atom. The molecule has 102 valence electrons. The molecule has 2 aromatic carbocycles. The van der Waals surface area contributed by atoms with Gasteiger partial charge >= 0.3 is 0 Å². The van der Waals surface area contributed by atoms with E-state index in [9.17, 15) is 4.79 Å². The number of carbonyl (C=O) groups is 1. The summed E-state index contributed by atoms with van der Waals surface area (Å²) in [5.41, 5.74) is 3.07. The average molecular weight is 287 g/mol. The molecular weight excluding hydrogens is 272 g/mol. The molecule has 0 saturated carbocycles. The summed E-state index contributed by atoms with van der Waals surface area (Å²) in [7, 11) is 1.66. The maximum Gasteiger partial charge on any atom is 0.227 e. The molecule has 0 bridgehead atoms. The number of aromatic nitrogens is 1. The summed E-state index contributed by atoms with van der Waals surface area (Å²) in [6, 6.07) is 11.9. The van der Waals surface area contributed by atoms with Crippen LogP contribution in [0.3, 0.4) is 0 Å². The number of hydrogen-bond donors (Lipinski definition) is 2. The lowest BCUT2D eigenvalue weighted by atomic mass is 9.99. The van der Waals surface area contributed by atoms with Gasteiger partial charge in [0.2, 0.25) is 5.91 Å². The van der Waals surface area contributed by atoms with Crippen LogP contribution < -0.4 is 5.32 Å². The van der Waals surface area contributed by atoms with Crippen molar-refractivity contribution < 1.29 is 4.79 Å². The van der Waals surface area contributed by atoms with Gasteiger partial charge in [0.15, 0.2) is 0 Å². The number of carbonyl (C=O) groups excluding carboxylic acids is 1. The van der Waals surface area contributed by atoms with Crippen LogP contribution in [0.4, 0.5) is 0 Å². The Labute approximate surface area is 121 Å². The molecule has 1 unspecified atom stereocenters. The fourth-order valence-electron chi connectivity index (χ4n) is 2.53. The summed E-state index contributed by atoms with van der Waals surface area (Å²) in [5.74, 6) is -0.150. The second-order valence-corrected chi connectivity index (χ2v) is 5.39. The van der Waals surface area contributed by atoms with Crippen molar-refractivity contribution >= 4 is 39.3 Å². The summed E-state index contributed by atoms with van der Waals surface area (Å²) in [5, 5.41) is 5.63. The minimum Gasteiger partial charge on any atom is -0.359 e. The van der Waals surface area contributed by atoms with Gasteiger partial charge in [-0.3, -0.25) is 4.79 Å². The zero-order chi connectivity index (χ0) is 14.3. The van der Waals surface area contributed by atoms with Gasteiger partial charge in [0.1, 0.15) is 0 Å². The van der Waals surface area contributed by atoms with Crippen LogP contribution in [0.25, 0.3) is 21.8 Å². The Balaban J connectivity index is 2.17. The molecule has 0 fully saturated rings. The molecule has 3 nitrogen and oxygen atoms in total. The first-order chi connectivity index (χ1) is 9.60. The van der Waals surface area contributed by atoms with Crippen molar-refractivity contribution in [3.63, 3.8) is 0 Å². The molecule has 0 saturated heterocycles. The number of benzene rings is 2. The Bertz CT molecular complexity index is 807. The van der Waals surface area contributed by atoms with Gasteiger partial charge in [0.25, 0.3) is 0 Å². The minimum absolute atomic E-state index is 0.0171. The molecule has 3 rings (SSSR count). The van der Waals surface area contributed by atoms with Crippen molar-refractivity contribution in [2.75, 3.05) is 7.05 Å². The van der Waals surface area contributed by atoms with Crippen molar-refractivity contribution in [2.45, 2.75) is 12.8 Å². The van der Waals surface area contributed by atoms with E-state index in [0.717, 1.165) is 32.4 Å². The molecule has 0 spiro atoms. The van der Waals surface area contributed by atoms with Crippen molar-refractivity contribution in [3.8, 4) is 0 Å². The molecule has 0 aliphatic rings. The monoisotopic (exact) mass is 286 g/mol. The highest BCUT2D eigenvalue weighted by Gasteiger charge is 2.15. The first-order valence-electron chi connectivity index (χ1n) is 6.52. The van der Waals surface area contributed by atoms with Gasteiger partial charge in [-0.1, -0.05) is 23.7 Å². The van der Waals surface area contributed by atoms with Gasteiger partial charge in [-0.15, -0.1) is 0 Å². The van der Waals surface area contributed by atoms with Gasteiger partial charge in [0, 0.05) is 33.9 Å². The van der Waals surface area contributed by atoms with Crippen molar-refractivity contribution in [1.29, 1.82) is 0 Å². The molecule has 1 atom stereocenters. The number of rotatable bonds is 2. The van der Waals surface area contributed by atoms with E-state index in [4.69, 9.17) is 11.6 Å². The molecule has 1 aromatic heterocycles. The van der Waals surface area contributed by atoms with Crippen LogP contribution in [0.2, 0.25) is 5.02 Å². The SMILES string of the molecule is CNC(=O)C(C)c1ccc2c(c1)[nH]c1ccc(Cl)cc12. The largest absolute Gasteiger partial charge is 0.359 e. The van der Waals surface area contributed by atoms with E-state index in [1.807, 2.05) is 43.3 Å². The Hall–Kier alpha value is -2.00. The lowest BCUT2D eigenvalue weighted by Gasteiger charge is -2.10. The van der Waals surface area contributed by atoms with Gasteiger partial charge < -0.3 is 10.3 Å². The van der Waals surface area contributed by atoms with E-state index < -0.39 is 0 Å². The number of likely N-dealkylation sites (N-methyl/N-ethyl adjacent to an activating group) is 1. The van der Waals surface area contributed by atoms with Crippen molar-refractivity contribution in [1.82, 2.24) is 10.3 Å². The predicted molar refractivity (Wildman–Crippen MR) is 83.3 cm³/mol. The average Bonchev–Trinajstić information content (AvgIpc) is 2.82. The maximum atomic E-state index is 11.7. The number of amides is 1. The van der Waals surface area contributed by atoms with E-state index >= 15 is 0 Å². The number of fused-ring (bicyclic) bond motifs is 3. The highest BCUT2D eigenvalue weighted by molar-refractivity contribution is 6.31. The fourth-order valence-corrected chi connectivity index (χ4v) is 2.70. The molecule has 3 aromatic rings. The normalized spacial score (nSPS) is 12.8. The summed E-state index contributed by atoms with van der Waals surface area (Å²) >= 11 is 6.05. The first-order valence-corrected chi connectivity index (χ1v) is 6.90. The maximum absolute atomic E-state index is 11.7. The molecule has 0 radical (unpaired) electrons. The smallest absolute Gasteiger partial charge is 0.227 e. The molecule has 20 heavy (non-hydrogen) atoms. The van der Waals surface area contributed by atoms with Crippen LogP contribution in [-0.2, 0) is 4.79 Å². The van der Waals surface area contributed by atoms with Gasteiger partial charge in [-0.25, -0.2) is 0 Å². The molecule has 2 N–H and O–H groups in total. The van der Waals surface area contributed by atoms with Crippen LogP contribution in [0.1, 0.15) is 18.4 Å². The third kappa shape index (κ3) is 2.04. The topological polar surface area (TPSA) is 44.9 Å². The second kappa shape index (κ2) is 4.84. The molecule has 4 heteroatoms. The van der Waals surface area contributed by atoms with E-state index in [1.165, 1.54) is 0 Å². The molecule has 0 aliphatic heterocycles. The van der Waals surface area contributed by atoms with Crippen LogP contribution in [0.5, 0.6) is 0 Å². The Kier molecular flexibility index (Phi) is 3.14. The summed E-state index contributed by atoms with van der Waals surface area (Å²) in [4.78, 5) is 15.1. The summed E-state index contributed by atoms with van der Waals surface area (Å²) < 4.78 is 0. The third-order valence-electron chi connectivity index (χ3n) is 3.72. The Morgan fingerprint density at radius 3 is 2.70 bits per heavy atom. The number of H-pyrrole nitrogens is 1. The summed E-state index contributed by atoms with van der Waals surface area (Å²) in [6.07, 6.45) is 0. The summed E-state index contributed by atoms with van der Waals surface area (Å²) in [6.45, 7) is 1.90. The molecule has 1 amide bonds. The standard InChI is InChI=1S/C16H15ClN2O/c1-9(16(20)18-2)10-3-5-12-13-8-11(17)4-6-14(13)19-15(12)7-10/h3-9,19H,1-2H3,(H,18,20). The van der Waals surface area contributed by atoms with Crippen LogP contribution >= 0.6 is 11.6 Å². The number of hydrogen-bond acceptors (Lipinski definition) is 1. The van der Waals surface area contributed by atoms with E-state index in [-0.39, 0.29) is 11.8 Å². The number of halogens is 1. The van der Waals surface area contributed by atoms with E-state index in [1.54, 1.807) is 7.05 Å². The van der Waals surface area contributed by atoms with Crippen molar-refractivity contribution in [2.24, 2.45) is 0 Å². The van der Waals surface area contributed by atoms with Gasteiger partial charge in [-0.2, -0.15) is 0 Å². The highest BCUT2D eigenvalue weighted by atomic mass is 35.5. The van der Waals surface area contributed by atoms with Gasteiger partial charge in [0.05, 0.1) is 5.92 Å². The van der Waals surface area contributed by atoms with Gasteiger partial charge in [-0.05, 0) is 36.8 Å². The zero-order valence-electron chi connectivity index (χ0n) is 11.3. The second-order valence-electron chi connectivity index (χ2n) is 4.96. The third-order valence-corrected chi connectivity index (χ3v) is 3.96. The fraction of sp³-hybridized carbons (Fsp3) is 0.188. The van der Waals surface area contributed by atoms with Crippen LogP contribution in [0.15, 0.2) is 36.4 Å². The molecular formula is C16H15ClN2O. The van der Waals surface area contributed by atoms with Crippen LogP contribution in [0, 0.1) is 0 Å².